The predicted molar refractivity (Wildman–Crippen MR) is 77.7 cm³/mol. The minimum atomic E-state index is -0.00611. The highest BCUT2D eigenvalue weighted by atomic mass is 16.1. The molecule has 4 heteroatoms. The zero-order chi connectivity index (χ0) is 14.1. The number of amides is 1. The van der Waals surface area contributed by atoms with E-state index in [-0.39, 0.29) is 5.91 Å². The van der Waals surface area contributed by atoms with Crippen LogP contribution in [0.1, 0.15) is 20.8 Å². The fourth-order valence-corrected chi connectivity index (χ4v) is 1.60. The van der Waals surface area contributed by atoms with Crippen LogP contribution in [-0.2, 0) is 11.3 Å². The molecule has 0 radical (unpaired) electrons. The molecular weight excluding hydrogens is 238 g/mol. The van der Waals surface area contributed by atoms with Gasteiger partial charge < -0.3 is 9.88 Å². The van der Waals surface area contributed by atoms with Gasteiger partial charge in [0, 0.05) is 31.8 Å². The van der Waals surface area contributed by atoms with E-state index < -0.39 is 0 Å². The molecule has 0 saturated heterocycles. The van der Waals surface area contributed by atoms with Crippen LogP contribution in [0, 0.1) is 0 Å². The molecule has 0 saturated carbocycles. The van der Waals surface area contributed by atoms with Crippen molar-refractivity contribution in [3.05, 3.63) is 42.9 Å². The summed E-state index contributed by atoms with van der Waals surface area (Å²) in [7, 11) is 0. The SMILES string of the molecule is CC.CC(=O)NCCn1cnc(-c2ccccc2)c1. The van der Waals surface area contributed by atoms with Crippen LogP contribution in [0.3, 0.4) is 0 Å². The third kappa shape index (κ3) is 4.95. The van der Waals surface area contributed by atoms with E-state index in [0.717, 1.165) is 17.8 Å². The van der Waals surface area contributed by atoms with Gasteiger partial charge in [0.25, 0.3) is 0 Å². The average molecular weight is 259 g/mol. The highest BCUT2D eigenvalue weighted by Crippen LogP contribution is 2.15. The lowest BCUT2D eigenvalue weighted by Gasteiger charge is -2.02. The summed E-state index contributed by atoms with van der Waals surface area (Å²) in [5, 5.41) is 2.76. The maximum atomic E-state index is 10.7. The monoisotopic (exact) mass is 259 g/mol. The van der Waals surface area contributed by atoms with Gasteiger partial charge >= 0.3 is 0 Å². The Morgan fingerprint density at radius 1 is 1.26 bits per heavy atom. The molecule has 1 amide bonds. The van der Waals surface area contributed by atoms with Gasteiger partial charge in [-0.1, -0.05) is 44.2 Å². The average Bonchev–Trinajstić information content (AvgIpc) is 2.90. The maximum Gasteiger partial charge on any atom is 0.216 e. The largest absolute Gasteiger partial charge is 0.355 e. The third-order valence-corrected chi connectivity index (χ3v) is 2.45. The van der Waals surface area contributed by atoms with Crippen molar-refractivity contribution < 1.29 is 4.79 Å². The molecular formula is C15H21N3O. The van der Waals surface area contributed by atoms with Crippen LogP contribution in [0.15, 0.2) is 42.9 Å². The van der Waals surface area contributed by atoms with E-state index in [1.165, 1.54) is 6.92 Å². The summed E-state index contributed by atoms with van der Waals surface area (Å²) < 4.78 is 1.97. The van der Waals surface area contributed by atoms with Crippen molar-refractivity contribution in [2.45, 2.75) is 27.3 Å². The molecule has 0 atom stereocenters. The lowest BCUT2D eigenvalue weighted by molar-refractivity contribution is -0.118. The molecule has 4 nitrogen and oxygen atoms in total. The first kappa shape index (κ1) is 15.0. The number of imidazole rings is 1. The van der Waals surface area contributed by atoms with Gasteiger partial charge in [-0.3, -0.25) is 4.79 Å². The first-order chi connectivity index (χ1) is 9.25. The van der Waals surface area contributed by atoms with Gasteiger partial charge in [0.05, 0.1) is 12.0 Å². The fraction of sp³-hybridized carbons (Fsp3) is 0.333. The Morgan fingerprint density at radius 2 is 1.95 bits per heavy atom. The van der Waals surface area contributed by atoms with E-state index in [1.807, 2.05) is 54.9 Å². The number of hydrogen-bond acceptors (Lipinski definition) is 2. The van der Waals surface area contributed by atoms with Gasteiger partial charge in [-0.2, -0.15) is 0 Å². The maximum absolute atomic E-state index is 10.7. The summed E-state index contributed by atoms with van der Waals surface area (Å²) in [6.07, 6.45) is 3.77. The van der Waals surface area contributed by atoms with Crippen molar-refractivity contribution in [1.29, 1.82) is 0 Å². The Bertz CT molecular complexity index is 491. The summed E-state index contributed by atoms with van der Waals surface area (Å²) >= 11 is 0. The van der Waals surface area contributed by atoms with Crippen LogP contribution >= 0.6 is 0 Å². The lowest BCUT2D eigenvalue weighted by atomic mass is 10.2. The number of rotatable bonds is 4. The first-order valence-corrected chi connectivity index (χ1v) is 6.57. The van der Waals surface area contributed by atoms with Crippen LogP contribution in [0.25, 0.3) is 11.3 Å². The van der Waals surface area contributed by atoms with Gasteiger partial charge in [-0.25, -0.2) is 4.98 Å². The number of carbonyl (C=O) groups excluding carboxylic acids is 1. The molecule has 1 heterocycles. The summed E-state index contributed by atoms with van der Waals surface area (Å²) in [4.78, 5) is 15.1. The summed E-state index contributed by atoms with van der Waals surface area (Å²) in [6.45, 7) is 6.88. The van der Waals surface area contributed by atoms with Gasteiger partial charge in [0.15, 0.2) is 0 Å². The van der Waals surface area contributed by atoms with Crippen molar-refractivity contribution >= 4 is 5.91 Å². The predicted octanol–water partition coefficient (Wildman–Crippen LogP) is 2.71. The van der Waals surface area contributed by atoms with E-state index in [2.05, 4.69) is 10.3 Å². The summed E-state index contributed by atoms with van der Waals surface area (Å²) in [5.41, 5.74) is 2.05. The molecule has 1 N–H and O–H groups in total. The van der Waals surface area contributed by atoms with E-state index in [4.69, 9.17) is 0 Å². The Balaban J connectivity index is 0.000000861. The van der Waals surface area contributed by atoms with Gasteiger partial charge in [-0.05, 0) is 0 Å². The van der Waals surface area contributed by atoms with Gasteiger partial charge in [0.1, 0.15) is 0 Å². The molecule has 0 bridgehead atoms. The molecule has 0 aliphatic rings. The van der Waals surface area contributed by atoms with E-state index >= 15 is 0 Å². The van der Waals surface area contributed by atoms with Crippen molar-refractivity contribution in [2.24, 2.45) is 0 Å². The van der Waals surface area contributed by atoms with Gasteiger partial charge in [0.2, 0.25) is 5.91 Å². The first-order valence-electron chi connectivity index (χ1n) is 6.57. The zero-order valence-electron chi connectivity index (χ0n) is 11.8. The number of aromatic nitrogens is 2. The van der Waals surface area contributed by atoms with Crippen molar-refractivity contribution in [1.82, 2.24) is 14.9 Å². The highest BCUT2D eigenvalue weighted by molar-refractivity contribution is 5.72. The van der Waals surface area contributed by atoms with E-state index in [0.29, 0.717) is 6.54 Å². The Kier molecular flexibility index (Phi) is 6.36. The summed E-state index contributed by atoms with van der Waals surface area (Å²) in [6, 6.07) is 10.0. The Morgan fingerprint density at radius 3 is 2.58 bits per heavy atom. The minimum Gasteiger partial charge on any atom is -0.355 e. The second kappa shape index (κ2) is 8.08. The van der Waals surface area contributed by atoms with E-state index in [1.54, 1.807) is 6.33 Å². The second-order valence-corrected chi connectivity index (χ2v) is 3.85. The molecule has 1 aromatic heterocycles. The van der Waals surface area contributed by atoms with Gasteiger partial charge in [-0.15, -0.1) is 0 Å². The van der Waals surface area contributed by atoms with Crippen LogP contribution in [0.5, 0.6) is 0 Å². The second-order valence-electron chi connectivity index (χ2n) is 3.85. The van der Waals surface area contributed by atoms with Crippen LogP contribution in [-0.4, -0.2) is 22.0 Å². The quantitative estimate of drug-likeness (QED) is 0.917. The molecule has 0 aliphatic heterocycles. The van der Waals surface area contributed by atoms with Crippen LogP contribution in [0.4, 0.5) is 0 Å². The van der Waals surface area contributed by atoms with Crippen LogP contribution < -0.4 is 5.32 Å². The van der Waals surface area contributed by atoms with Crippen molar-refractivity contribution in [3.8, 4) is 11.3 Å². The fourth-order valence-electron chi connectivity index (χ4n) is 1.60. The highest BCUT2D eigenvalue weighted by Gasteiger charge is 2.01. The molecule has 0 aliphatic carbocycles. The number of hydrogen-bond donors (Lipinski definition) is 1. The molecule has 2 rings (SSSR count). The molecule has 1 aromatic carbocycles. The molecule has 19 heavy (non-hydrogen) atoms. The molecule has 102 valence electrons. The smallest absolute Gasteiger partial charge is 0.216 e. The lowest BCUT2D eigenvalue weighted by Crippen LogP contribution is -2.23. The van der Waals surface area contributed by atoms with Crippen molar-refractivity contribution in [3.63, 3.8) is 0 Å². The molecule has 2 aromatic rings. The minimum absolute atomic E-state index is 0.00611. The Labute approximate surface area is 114 Å². The topological polar surface area (TPSA) is 46.9 Å². The normalized spacial score (nSPS) is 9.42. The molecule has 0 fully saturated rings. The van der Waals surface area contributed by atoms with E-state index in [9.17, 15) is 4.79 Å². The number of benzene rings is 1. The Hall–Kier alpha value is -2.10. The molecule has 0 unspecified atom stereocenters. The number of nitrogens with one attached hydrogen (secondary N) is 1. The zero-order valence-corrected chi connectivity index (χ0v) is 11.8. The summed E-state index contributed by atoms with van der Waals surface area (Å²) in [5.74, 6) is -0.00611. The standard InChI is InChI=1S/C13H15N3O.C2H6/c1-11(17)14-7-8-16-9-13(15-10-16)12-5-3-2-4-6-12;1-2/h2-6,9-10H,7-8H2,1H3,(H,14,17);1-2H3. The number of carbonyl (C=O) groups is 1. The number of nitrogens with zero attached hydrogens (tertiary/aromatic N) is 2. The van der Waals surface area contributed by atoms with Crippen molar-refractivity contribution in [2.75, 3.05) is 6.54 Å². The molecule has 0 spiro atoms. The van der Waals surface area contributed by atoms with Crippen LogP contribution in [0.2, 0.25) is 0 Å². The third-order valence-electron chi connectivity index (χ3n) is 2.45.